The molecule has 0 spiro atoms. The topological polar surface area (TPSA) is 21.7 Å². The molecule has 2 aliphatic rings. The molecule has 1 aliphatic heterocycles. The molecule has 1 saturated heterocycles. The SMILES string of the molecule is BN(C)C1CC=C(B2OC(C)(C)C(C)(C)O2)C1. The molecule has 5 heteroatoms. The van der Waals surface area contributed by atoms with E-state index in [-0.39, 0.29) is 18.3 Å². The number of rotatable bonds is 2. The molecule has 17 heavy (non-hydrogen) atoms. The smallest absolute Gasteiger partial charge is 0.400 e. The molecule has 0 saturated carbocycles. The molecule has 0 radical (unpaired) electrons. The Kier molecular flexibility index (Phi) is 3.22. The van der Waals surface area contributed by atoms with Crippen LogP contribution in [0.4, 0.5) is 0 Å². The van der Waals surface area contributed by atoms with E-state index in [0.29, 0.717) is 6.04 Å². The van der Waals surface area contributed by atoms with Gasteiger partial charge in [0.2, 0.25) is 0 Å². The molecule has 1 aliphatic carbocycles. The second-order valence-corrected chi connectivity index (χ2v) is 6.42. The summed E-state index contributed by atoms with van der Waals surface area (Å²) in [7, 11) is 4.11. The van der Waals surface area contributed by atoms with Gasteiger partial charge in [0.05, 0.1) is 11.2 Å². The summed E-state index contributed by atoms with van der Waals surface area (Å²) >= 11 is 0. The lowest BCUT2D eigenvalue weighted by Gasteiger charge is -2.32. The summed E-state index contributed by atoms with van der Waals surface area (Å²) in [6.45, 7) is 8.41. The summed E-state index contributed by atoms with van der Waals surface area (Å²) in [6, 6.07) is 0.601. The Morgan fingerprint density at radius 3 is 2.24 bits per heavy atom. The fraction of sp³-hybridized carbons (Fsp3) is 0.833. The van der Waals surface area contributed by atoms with E-state index in [2.05, 4.69) is 53.6 Å². The Morgan fingerprint density at radius 2 is 1.82 bits per heavy atom. The van der Waals surface area contributed by atoms with Gasteiger partial charge in [-0.3, -0.25) is 0 Å². The third-order valence-electron chi connectivity index (χ3n) is 4.41. The first-order valence-electron chi connectivity index (χ1n) is 6.44. The third kappa shape index (κ3) is 2.33. The summed E-state index contributed by atoms with van der Waals surface area (Å²) in [5.41, 5.74) is 0.853. The summed E-state index contributed by atoms with van der Waals surface area (Å²) < 4.78 is 12.1. The van der Waals surface area contributed by atoms with Crippen LogP contribution in [0.2, 0.25) is 0 Å². The van der Waals surface area contributed by atoms with E-state index < -0.39 is 0 Å². The molecule has 0 aromatic carbocycles. The maximum Gasteiger partial charge on any atom is 0.490 e. The number of hydrogen-bond acceptors (Lipinski definition) is 3. The van der Waals surface area contributed by atoms with E-state index in [4.69, 9.17) is 9.31 Å². The Morgan fingerprint density at radius 1 is 1.29 bits per heavy atom. The van der Waals surface area contributed by atoms with Crippen molar-refractivity contribution in [1.29, 1.82) is 0 Å². The molecule has 2 rings (SSSR count). The molecule has 1 atom stereocenters. The van der Waals surface area contributed by atoms with Gasteiger partial charge in [-0.1, -0.05) is 6.08 Å². The minimum atomic E-state index is -0.227. The highest BCUT2D eigenvalue weighted by atomic mass is 16.7. The second-order valence-electron chi connectivity index (χ2n) is 6.42. The predicted molar refractivity (Wildman–Crippen MR) is 73.5 cm³/mol. The molecule has 1 heterocycles. The average molecular weight is 235 g/mol. The van der Waals surface area contributed by atoms with Crippen molar-refractivity contribution in [2.24, 2.45) is 0 Å². The molecule has 0 amide bonds. The molecule has 3 nitrogen and oxygen atoms in total. The molecular weight excluding hydrogens is 212 g/mol. The fourth-order valence-corrected chi connectivity index (χ4v) is 2.31. The van der Waals surface area contributed by atoms with Gasteiger partial charge in [0, 0.05) is 6.04 Å². The van der Waals surface area contributed by atoms with Crippen molar-refractivity contribution in [2.75, 3.05) is 7.05 Å². The lowest BCUT2D eigenvalue weighted by atomic mass is 9.77. The van der Waals surface area contributed by atoms with Gasteiger partial charge in [-0.05, 0) is 53.1 Å². The minimum Gasteiger partial charge on any atom is -0.400 e. The van der Waals surface area contributed by atoms with E-state index in [0.717, 1.165) is 12.8 Å². The highest BCUT2D eigenvalue weighted by molar-refractivity contribution is 6.54. The van der Waals surface area contributed by atoms with Gasteiger partial charge in [-0.25, -0.2) is 0 Å². The monoisotopic (exact) mass is 235 g/mol. The van der Waals surface area contributed by atoms with Gasteiger partial charge < -0.3 is 14.1 Å². The van der Waals surface area contributed by atoms with Crippen molar-refractivity contribution in [3.05, 3.63) is 11.5 Å². The quantitative estimate of drug-likeness (QED) is 0.671. The van der Waals surface area contributed by atoms with E-state index >= 15 is 0 Å². The Bertz CT molecular complexity index is 323. The van der Waals surface area contributed by atoms with Gasteiger partial charge >= 0.3 is 7.12 Å². The number of nitrogens with zero attached hydrogens (tertiary/aromatic N) is 1. The largest absolute Gasteiger partial charge is 0.490 e. The normalized spacial score (nSPS) is 31.1. The van der Waals surface area contributed by atoms with Gasteiger partial charge in [0.15, 0.2) is 7.98 Å². The maximum atomic E-state index is 6.07. The van der Waals surface area contributed by atoms with Crippen LogP contribution >= 0.6 is 0 Å². The first-order chi connectivity index (χ1) is 7.73. The van der Waals surface area contributed by atoms with Crippen molar-refractivity contribution in [3.63, 3.8) is 0 Å². The second kappa shape index (κ2) is 4.15. The molecule has 1 unspecified atom stereocenters. The lowest BCUT2D eigenvalue weighted by Crippen LogP contribution is -2.41. The van der Waals surface area contributed by atoms with Crippen LogP contribution in [-0.2, 0) is 9.31 Å². The zero-order valence-corrected chi connectivity index (χ0v) is 11.9. The first kappa shape index (κ1) is 13.2. The first-order valence-corrected chi connectivity index (χ1v) is 6.44. The molecule has 0 aromatic rings. The highest BCUT2D eigenvalue weighted by Gasteiger charge is 2.52. The molecule has 0 bridgehead atoms. The van der Waals surface area contributed by atoms with Crippen LogP contribution in [-0.4, -0.2) is 44.2 Å². The van der Waals surface area contributed by atoms with Crippen LogP contribution in [0.15, 0.2) is 11.5 Å². The molecule has 0 N–H and O–H groups in total. The highest BCUT2D eigenvalue weighted by Crippen LogP contribution is 2.40. The maximum absolute atomic E-state index is 6.07. The third-order valence-corrected chi connectivity index (χ3v) is 4.41. The van der Waals surface area contributed by atoms with Crippen LogP contribution < -0.4 is 0 Å². The Hall–Kier alpha value is -0.250. The minimum absolute atomic E-state index is 0.148. The summed E-state index contributed by atoms with van der Waals surface area (Å²) in [5, 5.41) is 0. The van der Waals surface area contributed by atoms with Crippen molar-refractivity contribution in [3.8, 4) is 0 Å². The molecular formula is C12H23B2NO2. The lowest BCUT2D eigenvalue weighted by molar-refractivity contribution is 0.00578. The van der Waals surface area contributed by atoms with E-state index in [1.54, 1.807) is 0 Å². The zero-order valence-electron chi connectivity index (χ0n) is 11.9. The van der Waals surface area contributed by atoms with Crippen molar-refractivity contribution in [2.45, 2.75) is 57.8 Å². The van der Waals surface area contributed by atoms with Crippen LogP contribution in [0.25, 0.3) is 0 Å². The number of hydrogen-bond donors (Lipinski definition) is 0. The van der Waals surface area contributed by atoms with Crippen LogP contribution in [0.1, 0.15) is 40.5 Å². The van der Waals surface area contributed by atoms with Crippen molar-refractivity contribution >= 4 is 15.1 Å². The van der Waals surface area contributed by atoms with Crippen LogP contribution in [0.3, 0.4) is 0 Å². The van der Waals surface area contributed by atoms with E-state index in [9.17, 15) is 0 Å². The van der Waals surface area contributed by atoms with Crippen LogP contribution in [0, 0.1) is 0 Å². The zero-order chi connectivity index (χ0) is 12.8. The molecule has 0 aromatic heterocycles. The van der Waals surface area contributed by atoms with Crippen molar-refractivity contribution in [1.82, 2.24) is 4.81 Å². The fourth-order valence-electron chi connectivity index (χ4n) is 2.31. The van der Waals surface area contributed by atoms with Gasteiger partial charge in [-0.15, -0.1) is 0 Å². The average Bonchev–Trinajstić information content (AvgIpc) is 2.70. The standard InChI is InChI=1S/C12H23B2NO2/c1-11(2)12(3,4)17-14(16-11)9-6-7-10(8-9)15(5)13/h6,10H,7-8,13H2,1-5H3. The molecule has 1 fully saturated rings. The van der Waals surface area contributed by atoms with Gasteiger partial charge in [-0.2, -0.15) is 0 Å². The Labute approximate surface area is 106 Å². The predicted octanol–water partition coefficient (Wildman–Crippen LogP) is 1.19. The van der Waals surface area contributed by atoms with E-state index in [1.165, 1.54) is 5.47 Å². The Balaban J connectivity index is 2.03. The van der Waals surface area contributed by atoms with Gasteiger partial charge in [0.1, 0.15) is 0 Å². The van der Waals surface area contributed by atoms with Crippen LogP contribution in [0.5, 0.6) is 0 Å². The summed E-state index contributed by atoms with van der Waals surface area (Å²) in [5.74, 6) is 0. The molecule has 94 valence electrons. The summed E-state index contributed by atoms with van der Waals surface area (Å²) in [6.07, 6.45) is 4.45. The van der Waals surface area contributed by atoms with E-state index in [1.807, 2.05) is 0 Å². The van der Waals surface area contributed by atoms with Crippen molar-refractivity contribution < 1.29 is 9.31 Å². The summed E-state index contributed by atoms with van der Waals surface area (Å²) in [4.78, 5) is 2.27. The van der Waals surface area contributed by atoms with Gasteiger partial charge in [0.25, 0.3) is 0 Å².